The topological polar surface area (TPSA) is 90.4 Å². The summed E-state index contributed by atoms with van der Waals surface area (Å²) in [5.41, 5.74) is 0.898. The van der Waals surface area contributed by atoms with E-state index in [2.05, 4.69) is 0 Å². The quantitative estimate of drug-likeness (QED) is 0.664. The van der Waals surface area contributed by atoms with Crippen LogP contribution in [0.15, 0.2) is 18.2 Å². The van der Waals surface area contributed by atoms with E-state index < -0.39 is 4.92 Å². The van der Waals surface area contributed by atoms with E-state index in [1.807, 2.05) is 11.0 Å². The Kier molecular flexibility index (Phi) is 5.12. The molecule has 0 aliphatic heterocycles. The van der Waals surface area contributed by atoms with Crippen molar-refractivity contribution in [2.45, 2.75) is 38.1 Å². The number of nitriles is 1. The zero-order chi connectivity index (χ0) is 15.2. The Balaban J connectivity index is 2.35. The van der Waals surface area contributed by atoms with Crippen LogP contribution in [0.5, 0.6) is 0 Å². The second kappa shape index (κ2) is 7.04. The summed E-state index contributed by atoms with van der Waals surface area (Å²) in [4.78, 5) is 12.4. The van der Waals surface area contributed by atoms with E-state index in [0.29, 0.717) is 23.8 Å². The maximum atomic E-state index is 10.8. The highest BCUT2D eigenvalue weighted by molar-refractivity contribution is 5.63. The molecule has 6 nitrogen and oxygen atoms in total. The highest BCUT2D eigenvalue weighted by Gasteiger charge is 2.24. The maximum absolute atomic E-state index is 10.8. The van der Waals surface area contributed by atoms with Crippen LogP contribution >= 0.6 is 0 Å². The van der Waals surface area contributed by atoms with Gasteiger partial charge in [0.2, 0.25) is 0 Å². The molecule has 0 aromatic heterocycles. The van der Waals surface area contributed by atoms with Crippen LogP contribution in [0.3, 0.4) is 0 Å². The third-order valence-corrected chi connectivity index (χ3v) is 3.98. The van der Waals surface area contributed by atoms with Crippen molar-refractivity contribution in [3.05, 3.63) is 33.9 Å². The van der Waals surface area contributed by atoms with E-state index in [1.54, 1.807) is 6.07 Å². The predicted molar refractivity (Wildman–Crippen MR) is 79.1 cm³/mol. The van der Waals surface area contributed by atoms with E-state index in [4.69, 9.17) is 0 Å². The van der Waals surface area contributed by atoms with Crippen LogP contribution < -0.4 is 4.90 Å². The number of hydrogen-bond donors (Lipinski definition) is 1. The maximum Gasteiger partial charge on any atom is 0.270 e. The third kappa shape index (κ3) is 3.50. The lowest BCUT2D eigenvalue weighted by atomic mass is 9.93. The lowest BCUT2D eigenvalue weighted by molar-refractivity contribution is -0.384. The first-order valence-corrected chi connectivity index (χ1v) is 7.23. The molecular formula is C15H19N3O3. The van der Waals surface area contributed by atoms with Crippen LogP contribution in [0, 0.1) is 21.4 Å². The van der Waals surface area contributed by atoms with Gasteiger partial charge >= 0.3 is 0 Å². The minimum Gasteiger partial charge on any atom is -0.395 e. The fraction of sp³-hybridized carbons (Fsp3) is 0.533. The molecule has 0 amide bonds. The molecule has 1 N–H and O–H groups in total. The Bertz CT molecular complexity index is 548. The van der Waals surface area contributed by atoms with E-state index in [1.165, 1.54) is 18.6 Å². The smallest absolute Gasteiger partial charge is 0.270 e. The molecule has 21 heavy (non-hydrogen) atoms. The number of aliphatic hydroxyl groups is 1. The molecule has 1 aromatic rings. The van der Waals surface area contributed by atoms with Gasteiger partial charge < -0.3 is 10.0 Å². The predicted octanol–water partition coefficient (Wildman–Crippen LogP) is 2.60. The second-order valence-corrected chi connectivity index (χ2v) is 5.28. The van der Waals surface area contributed by atoms with Gasteiger partial charge in [-0.3, -0.25) is 10.1 Å². The van der Waals surface area contributed by atoms with Gasteiger partial charge in [0, 0.05) is 24.7 Å². The van der Waals surface area contributed by atoms with Gasteiger partial charge in [0.05, 0.1) is 22.8 Å². The molecule has 0 bridgehead atoms. The van der Waals surface area contributed by atoms with E-state index >= 15 is 0 Å². The van der Waals surface area contributed by atoms with E-state index in [0.717, 1.165) is 25.7 Å². The molecule has 1 aromatic carbocycles. The first-order valence-electron chi connectivity index (χ1n) is 7.23. The Labute approximate surface area is 123 Å². The van der Waals surface area contributed by atoms with Crippen molar-refractivity contribution in [1.29, 1.82) is 5.26 Å². The average molecular weight is 289 g/mol. The minimum atomic E-state index is -0.498. The SMILES string of the molecule is N#Cc1cc([N+](=O)[O-])ccc1N(CCO)C1CCCCC1. The Hall–Kier alpha value is -2.13. The van der Waals surface area contributed by atoms with Crippen LogP contribution in [0.4, 0.5) is 11.4 Å². The number of benzene rings is 1. The number of aliphatic hydroxyl groups excluding tert-OH is 1. The van der Waals surface area contributed by atoms with Crippen molar-refractivity contribution < 1.29 is 10.0 Å². The van der Waals surface area contributed by atoms with Gasteiger partial charge in [0.15, 0.2) is 0 Å². The van der Waals surface area contributed by atoms with Gasteiger partial charge in [0.25, 0.3) is 5.69 Å². The van der Waals surface area contributed by atoms with Gasteiger partial charge in [-0.1, -0.05) is 19.3 Å². The van der Waals surface area contributed by atoms with Crippen LogP contribution in [-0.4, -0.2) is 29.2 Å². The van der Waals surface area contributed by atoms with Crippen LogP contribution in [0.1, 0.15) is 37.7 Å². The summed E-state index contributed by atoms with van der Waals surface area (Å²) in [6.45, 7) is 0.440. The summed E-state index contributed by atoms with van der Waals surface area (Å²) >= 11 is 0. The summed E-state index contributed by atoms with van der Waals surface area (Å²) in [6, 6.07) is 6.69. The number of rotatable bonds is 5. The molecule has 0 unspecified atom stereocenters. The number of nitro groups is 1. The number of nitro benzene ring substituents is 1. The average Bonchev–Trinajstić information content (AvgIpc) is 2.53. The molecule has 2 rings (SSSR count). The monoisotopic (exact) mass is 289 g/mol. The fourth-order valence-electron chi connectivity index (χ4n) is 2.98. The van der Waals surface area contributed by atoms with Crippen molar-refractivity contribution in [3.8, 4) is 6.07 Å². The normalized spacial score (nSPS) is 15.4. The molecule has 0 atom stereocenters. The second-order valence-electron chi connectivity index (χ2n) is 5.28. The molecule has 0 heterocycles. The Morgan fingerprint density at radius 1 is 1.38 bits per heavy atom. The Morgan fingerprint density at radius 2 is 2.10 bits per heavy atom. The van der Waals surface area contributed by atoms with Crippen molar-refractivity contribution in [3.63, 3.8) is 0 Å². The number of hydrogen-bond acceptors (Lipinski definition) is 5. The molecule has 0 saturated heterocycles. The highest BCUT2D eigenvalue weighted by Crippen LogP contribution is 2.31. The first-order chi connectivity index (χ1) is 10.2. The fourth-order valence-corrected chi connectivity index (χ4v) is 2.98. The van der Waals surface area contributed by atoms with Gasteiger partial charge in [-0.15, -0.1) is 0 Å². The van der Waals surface area contributed by atoms with Crippen LogP contribution in [0.2, 0.25) is 0 Å². The Morgan fingerprint density at radius 3 is 2.67 bits per heavy atom. The molecule has 1 aliphatic carbocycles. The minimum absolute atomic E-state index is 0.00163. The summed E-state index contributed by atoms with van der Waals surface area (Å²) in [5, 5.41) is 29.4. The van der Waals surface area contributed by atoms with Gasteiger partial charge in [0.1, 0.15) is 6.07 Å². The van der Waals surface area contributed by atoms with Crippen molar-refractivity contribution in [2.75, 3.05) is 18.1 Å². The number of nitrogens with zero attached hydrogens (tertiary/aromatic N) is 3. The van der Waals surface area contributed by atoms with Crippen LogP contribution in [-0.2, 0) is 0 Å². The van der Waals surface area contributed by atoms with Gasteiger partial charge in [-0.2, -0.15) is 5.26 Å². The lowest BCUT2D eigenvalue weighted by Crippen LogP contribution is -2.39. The molecule has 0 spiro atoms. The summed E-state index contributed by atoms with van der Waals surface area (Å²) in [7, 11) is 0. The zero-order valence-electron chi connectivity index (χ0n) is 11.9. The zero-order valence-corrected chi connectivity index (χ0v) is 11.9. The first kappa shape index (κ1) is 15.3. The number of non-ortho nitro benzene ring substituents is 1. The van der Waals surface area contributed by atoms with Crippen molar-refractivity contribution in [1.82, 2.24) is 0 Å². The number of anilines is 1. The standard InChI is InChI=1S/C15H19N3O3/c16-11-12-10-14(18(20)21)6-7-15(12)17(8-9-19)13-4-2-1-3-5-13/h6-7,10,13,19H,1-5,8-9H2. The van der Waals surface area contributed by atoms with Gasteiger partial charge in [-0.05, 0) is 18.9 Å². The lowest BCUT2D eigenvalue weighted by Gasteiger charge is -2.36. The van der Waals surface area contributed by atoms with Crippen molar-refractivity contribution in [2.24, 2.45) is 0 Å². The molecule has 1 fully saturated rings. The van der Waals surface area contributed by atoms with E-state index in [9.17, 15) is 20.5 Å². The summed E-state index contributed by atoms with van der Waals surface area (Å²) in [5.74, 6) is 0. The van der Waals surface area contributed by atoms with Gasteiger partial charge in [-0.25, -0.2) is 0 Å². The molecule has 0 radical (unpaired) electrons. The van der Waals surface area contributed by atoms with E-state index in [-0.39, 0.29) is 12.3 Å². The van der Waals surface area contributed by atoms with Crippen molar-refractivity contribution >= 4 is 11.4 Å². The molecule has 1 saturated carbocycles. The largest absolute Gasteiger partial charge is 0.395 e. The third-order valence-electron chi connectivity index (χ3n) is 3.98. The molecular weight excluding hydrogens is 270 g/mol. The molecule has 1 aliphatic rings. The summed E-state index contributed by atoms with van der Waals surface area (Å²) in [6.07, 6.45) is 5.56. The highest BCUT2D eigenvalue weighted by atomic mass is 16.6. The molecule has 112 valence electrons. The van der Waals surface area contributed by atoms with Crippen LogP contribution in [0.25, 0.3) is 0 Å². The summed E-state index contributed by atoms with van der Waals surface area (Å²) < 4.78 is 0. The molecule has 6 heteroatoms.